The number of phosphoric ester groups is 2. The van der Waals surface area contributed by atoms with Crippen LogP contribution < -0.4 is 0 Å². The molecule has 0 aliphatic rings. The number of aliphatic hydroxyl groups excluding tert-OH is 1. The molecule has 6 atom stereocenters. The van der Waals surface area contributed by atoms with Gasteiger partial charge in [0.2, 0.25) is 0 Å². The van der Waals surface area contributed by atoms with E-state index in [2.05, 4.69) is 65.8 Å². The van der Waals surface area contributed by atoms with Crippen LogP contribution in [0, 0.1) is 11.8 Å². The third-order valence-electron chi connectivity index (χ3n) is 18.2. The fourth-order valence-electron chi connectivity index (χ4n) is 11.6. The second-order valence-corrected chi connectivity index (χ2v) is 31.4. The molecule has 0 amide bonds. The molecule has 0 aromatic rings. The van der Waals surface area contributed by atoms with Gasteiger partial charge < -0.3 is 33.8 Å². The van der Waals surface area contributed by atoms with E-state index in [1.54, 1.807) is 0 Å². The summed E-state index contributed by atoms with van der Waals surface area (Å²) < 4.78 is 68.5. The van der Waals surface area contributed by atoms with Crippen molar-refractivity contribution in [3.63, 3.8) is 0 Å². The number of esters is 4. The Morgan fingerprint density at radius 3 is 0.918 bits per heavy atom. The van der Waals surface area contributed by atoms with Crippen molar-refractivity contribution in [2.45, 2.75) is 407 Å². The Bertz CT molecular complexity index is 1990. The van der Waals surface area contributed by atoms with Crippen LogP contribution in [0.25, 0.3) is 0 Å². The second kappa shape index (κ2) is 70.2. The Kier molecular flexibility index (Phi) is 68.5. The van der Waals surface area contributed by atoms with E-state index in [1.165, 1.54) is 180 Å². The maximum Gasteiger partial charge on any atom is 0.472 e. The van der Waals surface area contributed by atoms with Gasteiger partial charge >= 0.3 is 39.5 Å². The molecule has 0 saturated heterocycles. The van der Waals surface area contributed by atoms with Crippen molar-refractivity contribution >= 4 is 39.5 Å². The lowest BCUT2D eigenvalue weighted by molar-refractivity contribution is -0.161. The molecule has 578 valence electrons. The number of carbonyl (C=O) groups is 4. The van der Waals surface area contributed by atoms with Crippen molar-refractivity contribution in [2.24, 2.45) is 11.8 Å². The Morgan fingerprint density at radius 2 is 0.602 bits per heavy atom. The number of hydrogen-bond acceptors (Lipinski definition) is 15. The normalized spacial score (nSPS) is 14.4. The van der Waals surface area contributed by atoms with Crippen LogP contribution in [0.5, 0.6) is 0 Å². The van der Waals surface area contributed by atoms with Gasteiger partial charge in [-0.05, 0) is 63.2 Å². The SMILES string of the molecule is CCCCCC/C=C\C=C/CCCCCCCC(=O)OC[C@H](COP(=O)(O)OC[C@@H](O)COP(=O)(O)OC[C@@H](COC(=O)CCCCCCCCC(C)CC)OC(=O)CCCCCCCCCCC(C)C)OC(=O)CCCCCCCCCCCCCCCCCCCCCCCC. The Labute approximate surface area is 599 Å². The predicted molar refractivity (Wildman–Crippen MR) is 400 cm³/mol. The molecule has 98 heavy (non-hydrogen) atoms. The van der Waals surface area contributed by atoms with Crippen LogP contribution in [-0.2, 0) is 65.4 Å². The Morgan fingerprint density at radius 1 is 0.337 bits per heavy atom. The molecular formula is C79H150O17P2. The van der Waals surface area contributed by atoms with E-state index < -0.39 is 97.5 Å². The van der Waals surface area contributed by atoms with Crippen LogP contribution in [-0.4, -0.2) is 96.7 Å². The Hall–Kier alpha value is -2.46. The van der Waals surface area contributed by atoms with E-state index >= 15 is 0 Å². The summed E-state index contributed by atoms with van der Waals surface area (Å²) in [5.41, 5.74) is 0. The summed E-state index contributed by atoms with van der Waals surface area (Å²) in [6.07, 6.45) is 62.2. The molecule has 0 aromatic carbocycles. The van der Waals surface area contributed by atoms with Gasteiger partial charge in [0.15, 0.2) is 12.2 Å². The van der Waals surface area contributed by atoms with Crippen LogP contribution in [0.2, 0.25) is 0 Å². The third-order valence-corrected chi connectivity index (χ3v) is 20.1. The summed E-state index contributed by atoms with van der Waals surface area (Å²) in [4.78, 5) is 72.8. The first-order valence-corrected chi connectivity index (χ1v) is 43.3. The minimum absolute atomic E-state index is 0.101. The quantitative estimate of drug-likeness (QED) is 0.0169. The van der Waals surface area contributed by atoms with Gasteiger partial charge in [-0.3, -0.25) is 37.3 Å². The fourth-order valence-corrected chi connectivity index (χ4v) is 13.2. The highest BCUT2D eigenvalue weighted by Gasteiger charge is 2.30. The standard InChI is InChI=1S/C79H150O17P2/c1-7-10-12-14-16-18-20-22-24-25-26-27-28-29-30-32-34-36-38-43-51-57-63-78(83)95-74(67-89-76(81)61-55-49-42-37-35-33-31-23-21-19-17-15-13-11-8-2)69-93-97(85,86)91-65-73(80)66-92-98(87,88)94-70-75(68-90-77(82)62-56-50-46-45-48-54-60-72(6)9-3)96-79(84)64-58-52-44-40-39-41-47-53-59-71(4)5/h19,21,23,31,71-75,80H,7-18,20,22,24-30,32-70H2,1-6H3,(H,85,86)(H,87,88)/b21-19-,31-23-/t72?,73-,74-,75-/m1/s1. The van der Waals surface area contributed by atoms with Crippen molar-refractivity contribution in [2.75, 3.05) is 39.6 Å². The van der Waals surface area contributed by atoms with Crippen LogP contribution >= 0.6 is 15.6 Å². The largest absolute Gasteiger partial charge is 0.472 e. The molecule has 0 rings (SSSR count). The van der Waals surface area contributed by atoms with Crippen LogP contribution in [0.15, 0.2) is 24.3 Å². The molecule has 0 saturated carbocycles. The minimum atomic E-state index is -4.97. The summed E-state index contributed by atoms with van der Waals surface area (Å²) in [6, 6.07) is 0. The zero-order chi connectivity index (χ0) is 72.1. The number of phosphoric acid groups is 2. The van der Waals surface area contributed by atoms with Gasteiger partial charge in [0, 0.05) is 25.7 Å². The zero-order valence-corrected chi connectivity index (χ0v) is 65.4. The predicted octanol–water partition coefficient (Wildman–Crippen LogP) is 23.1. The van der Waals surface area contributed by atoms with E-state index in [0.717, 1.165) is 121 Å². The number of allylic oxidation sites excluding steroid dienone is 4. The van der Waals surface area contributed by atoms with Crippen molar-refractivity contribution in [1.82, 2.24) is 0 Å². The van der Waals surface area contributed by atoms with Gasteiger partial charge in [-0.15, -0.1) is 0 Å². The monoisotopic (exact) mass is 1430 g/mol. The molecule has 0 aliphatic heterocycles. The van der Waals surface area contributed by atoms with Gasteiger partial charge in [0.1, 0.15) is 19.3 Å². The van der Waals surface area contributed by atoms with Crippen molar-refractivity contribution in [1.29, 1.82) is 0 Å². The van der Waals surface area contributed by atoms with Crippen LogP contribution in [0.3, 0.4) is 0 Å². The molecule has 17 nitrogen and oxygen atoms in total. The highest BCUT2D eigenvalue weighted by molar-refractivity contribution is 7.47. The molecule has 0 heterocycles. The molecule has 0 aromatic heterocycles. The molecule has 0 radical (unpaired) electrons. The molecule has 0 bridgehead atoms. The summed E-state index contributed by atoms with van der Waals surface area (Å²) in [7, 11) is -9.93. The van der Waals surface area contributed by atoms with Crippen molar-refractivity contribution < 1.29 is 80.2 Å². The van der Waals surface area contributed by atoms with Crippen LogP contribution in [0.1, 0.15) is 388 Å². The van der Waals surface area contributed by atoms with Crippen LogP contribution in [0.4, 0.5) is 0 Å². The smallest absolute Gasteiger partial charge is 0.462 e. The number of rotatable bonds is 76. The minimum Gasteiger partial charge on any atom is -0.462 e. The summed E-state index contributed by atoms with van der Waals surface area (Å²) in [6.45, 7) is 9.45. The third kappa shape index (κ3) is 70.6. The van der Waals surface area contributed by atoms with Crippen molar-refractivity contribution in [3.05, 3.63) is 24.3 Å². The molecule has 3 unspecified atom stereocenters. The first kappa shape index (κ1) is 95.5. The lowest BCUT2D eigenvalue weighted by Crippen LogP contribution is -2.30. The first-order valence-electron chi connectivity index (χ1n) is 40.3. The molecular weight excluding hydrogens is 1280 g/mol. The highest BCUT2D eigenvalue weighted by atomic mass is 31.2. The number of unbranched alkanes of at least 4 members (excludes halogenated alkanes) is 42. The maximum atomic E-state index is 13.1. The first-order chi connectivity index (χ1) is 47.4. The van der Waals surface area contributed by atoms with E-state index in [9.17, 15) is 43.2 Å². The van der Waals surface area contributed by atoms with E-state index in [0.29, 0.717) is 31.6 Å². The molecule has 3 N–H and O–H groups in total. The molecule has 19 heteroatoms. The lowest BCUT2D eigenvalue weighted by atomic mass is 10.00. The average molecular weight is 1430 g/mol. The van der Waals surface area contributed by atoms with E-state index in [1.807, 2.05) is 0 Å². The van der Waals surface area contributed by atoms with Crippen molar-refractivity contribution in [3.8, 4) is 0 Å². The van der Waals surface area contributed by atoms with E-state index in [-0.39, 0.29) is 25.7 Å². The molecule has 0 aliphatic carbocycles. The Balaban J connectivity index is 5.23. The van der Waals surface area contributed by atoms with Gasteiger partial charge in [0.05, 0.1) is 26.4 Å². The topological polar surface area (TPSA) is 237 Å². The highest BCUT2D eigenvalue weighted by Crippen LogP contribution is 2.45. The summed E-state index contributed by atoms with van der Waals surface area (Å²) in [5, 5.41) is 10.6. The van der Waals surface area contributed by atoms with Gasteiger partial charge in [-0.1, -0.05) is 336 Å². The summed E-state index contributed by atoms with van der Waals surface area (Å²) in [5.74, 6) is -0.702. The van der Waals surface area contributed by atoms with Gasteiger partial charge in [-0.2, -0.15) is 0 Å². The summed E-state index contributed by atoms with van der Waals surface area (Å²) >= 11 is 0. The average Bonchev–Trinajstić information content (AvgIpc) is 1.02. The maximum absolute atomic E-state index is 13.1. The number of aliphatic hydroxyl groups is 1. The fraction of sp³-hybridized carbons (Fsp3) is 0.899. The molecule has 0 spiro atoms. The number of ether oxygens (including phenoxy) is 4. The van der Waals surface area contributed by atoms with E-state index in [4.69, 9.17) is 37.0 Å². The number of carbonyl (C=O) groups excluding carboxylic acids is 4. The second-order valence-electron chi connectivity index (χ2n) is 28.5. The lowest BCUT2D eigenvalue weighted by Gasteiger charge is -2.21. The zero-order valence-electron chi connectivity index (χ0n) is 63.6. The molecule has 0 fully saturated rings. The van der Waals surface area contributed by atoms with Gasteiger partial charge in [-0.25, -0.2) is 9.13 Å². The van der Waals surface area contributed by atoms with Gasteiger partial charge in [0.25, 0.3) is 0 Å². The number of hydrogen-bond donors (Lipinski definition) is 3.